The number of ether oxygens (including phenoxy) is 1. The molecule has 0 radical (unpaired) electrons. The summed E-state index contributed by atoms with van der Waals surface area (Å²) in [6, 6.07) is 13.4. The molecule has 3 nitrogen and oxygen atoms in total. The zero-order valence-electron chi connectivity index (χ0n) is 12.5. The monoisotopic (exact) mass is 303 g/mol. The number of nitrogen functional groups attached to an aromatic ring is 1. The largest absolute Gasteiger partial charge is 0.491 e. The van der Waals surface area contributed by atoms with E-state index in [2.05, 4.69) is 6.92 Å². The van der Waals surface area contributed by atoms with Crippen LogP contribution in [0.4, 0.5) is 5.69 Å². The minimum atomic E-state index is -0.976. The summed E-state index contributed by atoms with van der Waals surface area (Å²) in [5.74, 6) is 1.28. The molecule has 112 valence electrons. The van der Waals surface area contributed by atoms with Crippen LogP contribution in [-0.2, 0) is 10.8 Å². The quantitative estimate of drug-likeness (QED) is 0.657. The van der Waals surface area contributed by atoms with Crippen molar-refractivity contribution < 1.29 is 8.95 Å². The van der Waals surface area contributed by atoms with E-state index >= 15 is 0 Å². The van der Waals surface area contributed by atoms with E-state index in [9.17, 15) is 4.21 Å². The van der Waals surface area contributed by atoms with E-state index in [4.69, 9.17) is 10.5 Å². The summed E-state index contributed by atoms with van der Waals surface area (Å²) in [4.78, 5) is 0.886. The average Bonchev–Trinajstić information content (AvgIpc) is 2.48. The van der Waals surface area contributed by atoms with E-state index in [1.807, 2.05) is 49.4 Å². The number of hydrogen-bond acceptors (Lipinski definition) is 3. The lowest BCUT2D eigenvalue weighted by molar-refractivity contribution is 0.320. The highest BCUT2D eigenvalue weighted by molar-refractivity contribution is 7.85. The highest BCUT2D eigenvalue weighted by Crippen LogP contribution is 2.20. The Kier molecular flexibility index (Phi) is 5.39. The molecule has 2 aromatic rings. The average molecular weight is 303 g/mol. The van der Waals surface area contributed by atoms with Gasteiger partial charge in [0, 0.05) is 10.6 Å². The molecule has 0 spiro atoms. The molecule has 0 aliphatic carbocycles. The molecule has 0 fully saturated rings. The molecule has 0 aliphatic heterocycles. The van der Waals surface area contributed by atoms with Crippen LogP contribution < -0.4 is 10.5 Å². The van der Waals surface area contributed by atoms with Gasteiger partial charge in [-0.1, -0.05) is 18.2 Å². The standard InChI is InChI=1S/C17H21NO2S/c1-13-8-9-15(12-14(13)2)21(19)11-5-10-20-17-7-4-3-6-16(17)18/h3-4,6-9,12H,5,10-11,18H2,1-2H3. The molecule has 0 amide bonds. The van der Waals surface area contributed by atoms with Crippen molar-refractivity contribution >= 4 is 16.5 Å². The van der Waals surface area contributed by atoms with Gasteiger partial charge >= 0.3 is 0 Å². The lowest BCUT2D eigenvalue weighted by Crippen LogP contribution is -2.06. The maximum absolute atomic E-state index is 12.2. The molecule has 0 saturated carbocycles. The number of aryl methyl sites for hydroxylation is 2. The number of rotatable bonds is 6. The van der Waals surface area contributed by atoms with Crippen LogP contribution in [0.25, 0.3) is 0 Å². The van der Waals surface area contributed by atoms with Crippen molar-refractivity contribution in [2.45, 2.75) is 25.2 Å². The minimum Gasteiger partial charge on any atom is -0.491 e. The Morgan fingerprint density at radius 2 is 1.86 bits per heavy atom. The topological polar surface area (TPSA) is 52.3 Å². The van der Waals surface area contributed by atoms with Gasteiger partial charge in [0.2, 0.25) is 0 Å². The van der Waals surface area contributed by atoms with Gasteiger partial charge in [0.25, 0.3) is 0 Å². The summed E-state index contributed by atoms with van der Waals surface area (Å²) in [5.41, 5.74) is 8.83. The molecule has 0 bridgehead atoms. The summed E-state index contributed by atoms with van der Waals surface area (Å²) in [6.45, 7) is 4.61. The highest BCUT2D eigenvalue weighted by atomic mass is 32.2. The van der Waals surface area contributed by atoms with Crippen molar-refractivity contribution in [3.63, 3.8) is 0 Å². The fraction of sp³-hybridized carbons (Fsp3) is 0.294. The van der Waals surface area contributed by atoms with Crippen molar-refractivity contribution in [1.29, 1.82) is 0 Å². The van der Waals surface area contributed by atoms with Gasteiger partial charge in [-0.15, -0.1) is 0 Å². The lowest BCUT2D eigenvalue weighted by atomic mass is 10.1. The van der Waals surface area contributed by atoms with Gasteiger partial charge in [0.1, 0.15) is 5.75 Å². The first-order valence-corrected chi connectivity index (χ1v) is 8.33. The van der Waals surface area contributed by atoms with Crippen LogP contribution in [0, 0.1) is 13.8 Å². The molecular weight excluding hydrogens is 282 g/mol. The first kappa shape index (κ1) is 15.6. The van der Waals surface area contributed by atoms with E-state index in [1.165, 1.54) is 11.1 Å². The summed E-state index contributed by atoms with van der Waals surface area (Å²) < 4.78 is 17.8. The molecule has 0 saturated heterocycles. The molecule has 2 rings (SSSR count). The second-order valence-electron chi connectivity index (χ2n) is 5.04. The van der Waals surface area contributed by atoms with Gasteiger partial charge in [-0.25, -0.2) is 0 Å². The number of nitrogens with two attached hydrogens (primary N) is 1. The van der Waals surface area contributed by atoms with Gasteiger partial charge in [0.15, 0.2) is 0 Å². The Morgan fingerprint density at radius 3 is 2.57 bits per heavy atom. The molecule has 2 aromatic carbocycles. The summed E-state index contributed by atoms with van der Waals surface area (Å²) in [7, 11) is -0.976. The summed E-state index contributed by atoms with van der Waals surface area (Å²) in [5, 5.41) is 0. The molecule has 0 aliphatic rings. The number of anilines is 1. The smallest absolute Gasteiger partial charge is 0.142 e. The molecule has 0 heterocycles. The van der Waals surface area contributed by atoms with Gasteiger partial charge in [-0.05, 0) is 55.7 Å². The van der Waals surface area contributed by atoms with E-state index in [-0.39, 0.29) is 0 Å². The summed E-state index contributed by atoms with van der Waals surface area (Å²) >= 11 is 0. The minimum absolute atomic E-state index is 0.519. The van der Waals surface area contributed by atoms with Crippen molar-refractivity contribution in [1.82, 2.24) is 0 Å². The van der Waals surface area contributed by atoms with E-state index in [0.29, 0.717) is 23.8 Å². The van der Waals surface area contributed by atoms with Crippen molar-refractivity contribution in [3.8, 4) is 5.75 Å². The second-order valence-corrected chi connectivity index (χ2v) is 6.61. The molecule has 0 aromatic heterocycles. The van der Waals surface area contributed by atoms with Gasteiger partial charge in [-0.3, -0.25) is 4.21 Å². The maximum Gasteiger partial charge on any atom is 0.142 e. The third kappa shape index (κ3) is 4.33. The molecule has 4 heteroatoms. The van der Waals surface area contributed by atoms with Crippen LogP contribution in [0.2, 0.25) is 0 Å². The van der Waals surface area contributed by atoms with Gasteiger partial charge < -0.3 is 10.5 Å². The van der Waals surface area contributed by atoms with E-state index < -0.39 is 10.8 Å². The van der Waals surface area contributed by atoms with Crippen LogP contribution >= 0.6 is 0 Å². The van der Waals surface area contributed by atoms with Crippen molar-refractivity contribution in [2.75, 3.05) is 18.1 Å². The molecule has 21 heavy (non-hydrogen) atoms. The highest BCUT2D eigenvalue weighted by Gasteiger charge is 2.06. The zero-order valence-corrected chi connectivity index (χ0v) is 13.3. The van der Waals surface area contributed by atoms with Crippen LogP contribution in [0.1, 0.15) is 17.5 Å². The van der Waals surface area contributed by atoms with Gasteiger partial charge in [-0.2, -0.15) is 0 Å². The van der Waals surface area contributed by atoms with Crippen LogP contribution in [0.5, 0.6) is 5.75 Å². The first-order valence-electron chi connectivity index (χ1n) is 7.01. The molecule has 2 N–H and O–H groups in total. The van der Waals surface area contributed by atoms with Crippen LogP contribution in [-0.4, -0.2) is 16.6 Å². The first-order chi connectivity index (χ1) is 10.1. The fourth-order valence-corrected chi connectivity index (χ4v) is 3.10. The zero-order chi connectivity index (χ0) is 15.2. The van der Waals surface area contributed by atoms with Crippen molar-refractivity contribution in [2.24, 2.45) is 0 Å². The normalized spacial score (nSPS) is 12.1. The van der Waals surface area contributed by atoms with E-state index in [1.54, 1.807) is 0 Å². The summed E-state index contributed by atoms with van der Waals surface area (Å²) in [6.07, 6.45) is 0.730. The Labute approximate surface area is 128 Å². The maximum atomic E-state index is 12.2. The number of benzene rings is 2. The van der Waals surface area contributed by atoms with Crippen LogP contribution in [0.3, 0.4) is 0 Å². The van der Waals surface area contributed by atoms with Crippen molar-refractivity contribution in [3.05, 3.63) is 53.6 Å². The molecule has 1 unspecified atom stereocenters. The van der Waals surface area contributed by atoms with Crippen LogP contribution in [0.15, 0.2) is 47.4 Å². The third-order valence-corrected chi connectivity index (χ3v) is 4.83. The molecule has 1 atom stereocenters. The Hall–Kier alpha value is -1.81. The van der Waals surface area contributed by atoms with Gasteiger partial charge in [0.05, 0.1) is 23.1 Å². The Balaban J connectivity index is 1.82. The predicted octanol–water partition coefficient (Wildman–Crippen LogP) is 3.46. The number of para-hydroxylation sites is 2. The van der Waals surface area contributed by atoms with E-state index in [0.717, 1.165) is 11.3 Å². The third-order valence-electron chi connectivity index (χ3n) is 3.39. The molecular formula is C17H21NO2S. The second kappa shape index (κ2) is 7.27. The predicted molar refractivity (Wildman–Crippen MR) is 88.2 cm³/mol. The lowest BCUT2D eigenvalue weighted by Gasteiger charge is -2.09. The Morgan fingerprint density at radius 1 is 1.10 bits per heavy atom. The Bertz CT molecular complexity index is 640. The fourth-order valence-electron chi connectivity index (χ4n) is 1.96. The number of hydrogen-bond donors (Lipinski definition) is 1. The SMILES string of the molecule is Cc1ccc(S(=O)CCCOc2ccccc2N)cc1C.